The van der Waals surface area contributed by atoms with Crippen LogP contribution < -0.4 is 5.32 Å². The summed E-state index contributed by atoms with van der Waals surface area (Å²) < 4.78 is 5.44. The van der Waals surface area contributed by atoms with Crippen LogP contribution in [0.5, 0.6) is 0 Å². The first-order valence-corrected chi connectivity index (χ1v) is 4.82. The van der Waals surface area contributed by atoms with Crippen LogP contribution in [0.2, 0.25) is 5.02 Å². The number of hydrogen-bond acceptors (Lipinski definition) is 2. The third-order valence-electron chi connectivity index (χ3n) is 2.13. The average Bonchev–Trinajstić information content (AvgIpc) is 2.62. The van der Waals surface area contributed by atoms with Crippen LogP contribution in [0.4, 0.5) is 0 Å². The van der Waals surface area contributed by atoms with Crippen LogP contribution in [0.25, 0.3) is 0 Å². The fourth-order valence-electron chi connectivity index (χ4n) is 1.45. The molecule has 78 valence electrons. The van der Waals surface area contributed by atoms with Crippen LogP contribution in [0.3, 0.4) is 0 Å². The van der Waals surface area contributed by atoms with Crippen LogP contribution in [-0.2, 0) is 11.2 Å². The van der Waals surface area contributed by atoms with Crippen molar-refractivity contribution in [2.45, 2.75) is 12.6 Å². The van der Waals surface area contributed by atoms with E-state index < -0.39 is 0 Å². The molecule has 0 bridgehead atoms. The lowest BCUT2D eigenvalue weighted by molar-refractivity contribution is 0.102. The number of nitrogens with one attached hydrogen (secondary N) is 1. The second kappa shape index (κ2) is 5.56. The molecule has 0 amide bonds. The topological polar surface area (TPSA) is 21.3 Å². The molecule has 1 N–H and O–H groups in total. The van der Waals surface area contributed by atoms with Crippen LogP contribution in [0.15, 0.2) is 24.3 Å². The van der Waals surface area contributed by atoms with Crippen molar-refractivity contribution in [1.82, 2.24) is 5.32 Å². The summed E-state index contributed by atoms with van der Waals surface area (Å²) in [5.74, 6) is 0. The van der Waals surface area contributed by atoms with Crippen molar-refractivity contribution in [3.05, 3.63) is 34.9 Å². The van der Waals surface area contributed by atoms with E-state index in [4.69, 9.17) is 16.3 Å². The molecule has 1 fully saturated rings. The molecule has 1 atom stereocenters. The Morgan fingerprint density at radius 2 is 2.07 bits per heavy atom. The van der Waals surface area contributed by atoms with Gasteiger partial charge in [-0.25, -0.2) is 0 Å². The third-order valence-corrected chi connectivity index (χ3v) is 2.38. The summed E-state index contributed by atoms with van der Waals surface area (Å²) in [6.07, 6.45) is 1.10. The highest BCUT2D eigenvalue weighted by Crippen LogP contribution is 2.12. The number of ether oxygens (including phenoxy) is 1. The van der Waals surface area contributed by atoms with E-state index in [2.05, 4.69) is 5.32 Å². The second-order valence-corrected chi connectivity index (χ2v) is 3.58. The Hall–Kier alpha value is -0.280. The number of benzene rings is 1. The van der Waals surface area contributed by atoms with Crippen LogP contribution >= 0.6 is 24.0 Å². The van der Waals surface area contributed by atoms with Crippen molar-refractivity contribution in [2.24, 2.45) is 0 Å². The third kappa shape index (κ3) is 3.14. The van der Waals surface area contributed by atoms with Gasteiger partial charge in [0.1, 0.15) is 6.23 Å². The minimum absolute atomic E-state index is 0. The Morgan fingerprint density at radius 1 is 1.36 bits per heavy atom. The van der Waals surface area contributed by atoms with E-state index in [0.29, 0.717) is 0 Å². The summed E-state index contributed by atoms with van der Waals surface area (Å²) in [4.78, 5) is 0. The van der Waals surface area contributed by atoms with Gasteiger partial charge in [0.2, 0.25) is 0 Å². The monoisotopic (exact) mass is 233 g/mol. The maximum absolute atomic E-state index is 5.78. The number of rotatable bonds is 2. The number of halogens is 2. The SMILES string of the molecule is Cl.Clc1ccc(CC2NCCO2)cc1. The first-order chi connectivity index (χ1) is 6.34. The lowest BCUT2D eigenvalue weighted by Crippen LogP contribution is -2.24. The lowest BCUT2D eigenvalue weighted by Gasteiger charge is -2.09. The Kier molecular flexibility index (Phi) is 4.69. The van der Waals surface area contributed by atoms with Crippen molar-refractivity contribution in [3.8, 4) is 0 Å². The molecule has 1 aliphatic rings. The van der Waals surface area contributed by atoms with Crippen LogP contribution in [-0.4, -0.2) is 19.4 Å². The summed E-state index contributed by atoms with van der Waals surface area (Å²) >= 11 is 5.78. The molecule has 0 spiro atoms. The molecular weight excluding hydrogens is 221 g/mol. The molecule has 0 aliphatic carbocycles. The largest absolute Gasteiger partial charge is 0.362 e. The van der Waals surface area contributed by atoms with Crippen LogP contribution in [0.1, 0.15) is 5.56 Å². The quantitative estimate of drug-likeness (QED) is 0.847. The van der Waals surface area contributed by atoms with Gasteiger partial charge in [-0.1, -0.05) is 23.7 Å². The highest BCUT2D eigenvalue weighted by atomic mass is 35.5. The zero-order valence-electron chi connectivity index (χ0n) is 7.70. The van der Waals surface area contributed by atoms with Gasteiger partial charge in [-0.15, -0.1) is 12.4 Å². The van der Waals surface area contributed by atoms with Gasteiger partial charge in [0.25, 0.3) is 0 Å². The predicted molar refractivity (Wildman–Crippen MR) is 60.1 cm³/mol. The van der Waals surface area contributed by atoms with Gasteiger partial charge in [0.15, 0.2) is 0 Å². The van der Waals surface area contributed by atoms with Crippen molar-refractivity contribution < 1.29 is 4.74 Å². The maximum Gasteiger partial charge on any atom is 0.112 e. The molecule has 1 aromatic rings. The molecule has 1 saturated heterocycles. The molecule has 1 aromatic carbocycles. The smallest absolute Gasteiger partial charge is 0.112 e. The van der Waals surface area contributed by atoms with Gasteiger partial charge in [0.05, 0.1) is 6.61 Å². The van der Waals surface area contributed by atoms with Crippen molar-refractivity contribution >= 4 is 24.0 Å². The standard InChI is InChI=1S/C10H12ClNO.ClH/c11-9-3-1-8(2-4-9)7-10-12-5-6-13-10;/h1-4,10,12H,5-7H2;1H. The molecule has 0 radical (unpaired) electrons. The van der Waals surface area contributed by atoms with Gasteiger partial charge in [0, 0.05) is 18.0 Å². The van der Waals surface area contributed by atoms with E-state index in [1.54, 1.807) is 0 Å². The normalized spacial score (nSPS) is 20.5. The predicted octanol–water partition coefficient (Wildman–Crippen LogP) is 2.25. The van der Waals surface area contributed by atoms with Crippen molar-refractivity contribution in [2.75, 3.05) is 13.2 Å². The zero-order chi connectivity index (χ0) is 9.10. The molecule has 2 rings (SSSR count). The molecule has 0 aromatic heterocycles. The fraction of sp³-hybridized carbons (Fsp3) is 0.400. The average molecular weight is 234 g/mol. The molecule has 14 heavy (non-hydrogen) atoms. The summed E-state index contributed by atoms with van der Waals surface area (Å²) in [5, 5.41) is 4.05. The molecule has 1 aliphatic heterocycles. The number of hydrogen-bond donors (Lipinski definition) is 1. The van der Waals surface area contributed by atoms with Gasteiger partial charge >= 0.3 is 0 Å². The lowest BCUT2D eigenvalue weighted by atomic mass is 10.1. The minimum atomic E-state index is 0. The van der Waals surface area contributed by atoms with Gasteiger partial charge in [-0.3, -0.25) is 5.32 Å². The first kappa shape index (κ1) is 11.8. The van der Waals surface area contributed by atoms with Gasteiger partial charge in [-0.05, 0) is 17.7 Å². The Bertz CT molecular complexity index is 270. The molecule has 0 saturated carbocycles. The fourth-order valence-corrected chi connectivity index (χ4v) is 1.57. The first-order valence-electron chi connectivity index (χ1n) is 4.44. The van der Waals surface area contributed by atoms with E-state index in [0.717, 1.165) is 24.6 Å². The van der Waals surface area contributed by atoms with Gasteiger partial charge < -0.3 is 4.74 Å². The summed E-state index contributed by atoms with van der Waals surface area (Å²) in [6.45, 7) is 1.77. The van der Waals surface area contributed by atoms with E-state index in [9.17, 15) is 0 Å². The Morgan fingerprint density at radius 3 is 2.64 bits per heavy atom. The summed E-state index contributed by atoms with van der Waals surface area (Å²) in [6, 6.07) is 7.88. The summed E-state index contributed by atoms with van der Waals surface area (Å²) in [7, 11) is 0. The summed E-state index contributed by atoms with van der Waals surface area (Å²) in [5.41, 5.74) is 1.25. The second-order valence-electron chi connectivity index (χ2n) is 3.14. The van der Waals surface area contributed by atoms with E-state index >= 15 is 0 Å². The van der Waals surface area contributed by atoms with E-state index in [1.807, 2.05) is 24.3 Å². The van der Waals surface area contributed by atoms with Crippen molar-refractivity contribution in [1.29, 1.82) is 0 Å². The Labute approximate surface area is 95.0 Å². The maximum atomic E-state index is 5.78. The van der Waals surface area contributed by atoms with Gasteiger partial charge in [-0.2, -0.15) is 0 Å². The molecule has 1 unspecified atom stereocenters. The highest BCUT2D eigenvalue weighted by Gasteiger charge is 2.14. The molecular formula is C10H13Cl2NO. The van der Waals surface area contributed by atoms with E-state index in [-0.39, 0.29) is 18.6 Å². The van der Waals surface area contributed by atoms with E-state index in [1.165, 1.54) is 5.56 Å². The molecule has 4 heteroatoms. The minimum Gasteiger partial charge on any atom is -0.362 e. The molecule has 2 nitrogen and oxygen atoms in total. The zero-order valence-corrected chi connectivity index (χ0v) is 9.27. The molecule has 1 heterocycles. The highest BCUT2D eigenvalue weighted by molar-refractivity contribution is 6.30. The van der Waals surface area contributed by atoms with Crippen LogP contribution in [0, 0.1) is 0 Å². The van der Waals surface area contributed by atoms with Crippen molar-refractivity contribution in [3.63, 3.8) is 0 Å². The Balaban J connectivity index is 0.000000980.